The molecule has 0 amide bonds. The third-order valence-corrected chi connectivity index (χ3v) is 4.02. The van der Waals surface area contributed by atoms with Crippen LogP contribution in [0, 0.1) is 0 Å². The Labute approximate surface area is 119 Å². The zero-order valence-corrected chi connectivity index (χ0v) is 11.6. The van der Waals surface area contributed by atoms with E-state index in [0.29, 0.717) is 12.6 Å². The van der Waals surface area contributed by atoms with Gasteiger partial charge in [-0.3, -0.25) is 0 Å². The summed E-state index contributed by atoms with van der Waals surface area (Å²) in [6.45, 7) is 0.571. The molecule has 1 aliphatic carbocycles. The van der Waals surface area contributed by atoms with Crippen LogP contribution in [0.15, 0.2) is 43.0 Å². The Kier molecular flexibility index (Phi) is 4.02. The summed E-state index contributed by atoms with van der Waals surface area (Å²) < 4.78 is 8.38. The van der Waals surface area contributed by atoms with E-state index >= 15 is 0 Å². The molecule has 4 nitrogen and oxygen atoms in total. The Morgan fingerprint density at radius 1 is 1.20 bits per heavy atom. The van der Waals surface area contributed by atoms with Gasteiger partial charge in [-0.15, -0.1) is 0 Å². The van der Waals surface area contributed by atoms with Crippen molar-refractivity contribution < 1.29 is 4.74 Å². The maximum absolute atomic E-state index is 6.20. The SMILES string of the molecule is NCc1ccc(OC2CCCCC2n2ccnc2)cc1. The normalized spacial score (nSPS) is 22.6. The topological polar surface area (TPSA) is 53.1 Å². The molecule has 106 valence electrons. The second kappa shape index (κ2) is 6.09. The molecule has 1 aromatic carbocycles. The van der Waals surface area contributed by atoms with Crippen LogP contribution >= 0.6 is 0 Å². The molecule has 0 spiro atoms. The summed E-state index contributed by atoms with van der Waals surface area (Å²) in [5.74, 6) is 0.930. The molecule has 0 saturated heterocycles. The number of aromatic nitrogens is 2. The van der Waals surface area contributed by atoms with Crippen LogP contribution in [-0.4, -0.2) is 15.7 Å². The lowest BCUT2D eigenvalue weighted by Crippen LogP contribution is -2.32. The van der Waals surface area contributed by atoms with E-state index in [0.717, 1.165) is 24.2 Å². The highest BCUT2D eigenvalue weighted by atomic mass is 16.5. The van der Waals surface area contributed by atoms with Crippen molar-refractivity contribution in [3.63, 3.8) is 0 Å². The van der Waals surface area contributed by atoms with E-state index < -0.39 is 0 Å². The second-order valence-corrected chi connectivity index (χ2v) is 5.37. The summed E-state index contributed by atoms with van der Waals surface area (Å²) in [6, 6.07) is 8.48. The predicted molar refractivity (Wildman–Crippen MR) is 78.5 cm³/mol. The van der Waals surface area contributed by atoms with Crippen molar-refractivity contribution in [3.05, 3.63) is 48.5 Å². The third kappa shape index (κ3) is 2.85. The lowest BCUT2D eigenvalue weighted by Gasteiger charge is -2.32. The van der Waals surface area contributed by atoms with E-state index in [2.05, 4.69) is 9.55 Å². The van der Waals surface area contributed by atoms with Crippen molar-refractivity contribution >= 4 is 0 Å². The maximum atomic E-state index is 6.20. The molecule has 1 saturated carbocycles. The molecule has 4 heteroatoms. The third-order valence-electron chi connectivity index (χ3n) is 4.02. The molecule has 0 bridgehead atoms. The minimum atomic E-state index is 0.224. The van der Waals surface area contributed by atoms with Crippen LogP contribution in [-0.2, 0) is 6.54 Å². The van der Waals surface area contributed by atoms with Crippen LogP contribution < -0.4 is 10.5 Å². The van der Waals surface area contributed by atoms with E-state index in [4.69, 9.17) is 10.5 Å². The van der Waals surface area contributed by atoms with Gasteiger partial charge in [-0.05, 0) is 37.0 Å². The molecular weight excluding hydrogens is 250 g/mol. The van der Waals surface area contributed by atoms with Crippen molar-refractivity contribution in [2.24, 2.45) is 5.73 Å². The molecule has 2 aromatic rings. The van der Waals surface area contributed by atoms with Crippen LogP contribution in [0.2, 0.25) is 0 Å². The highest BCUT2D eigenvalue weighted by Gasteiger charge is 2.27. The lowest BCUT2D eigenvalue weighted by atomic mass is 9.92. The molecule has 0 aliphatic heterocycles. The minimum Gasteiger partial charge on any atom is -0.488 e. The first-order valence-electron chi connectivity index (χ1n) is 7.30. The molecule has 2 atom stereocenters. The number of rotatable bonds is 4. The summed E-state index contributed by atoms with van der Waals surface area (Å²) in [5, 5.41) is 0. The fourth-order valence-corrected chi connectivity index (χ4v) is 2.90. The molecule has 1 fully saturated rings. The average molecular weight is 271 g/mol. The van der Waals surface area contributed by atoms with Gasteiger partial charge in [-0.2, -0.15) is 0 Å². The smallest absolute Gasteiger partial charge is 0.119 e. The van der Waals surface area contributed by atoms with Crippen LogP contribution in [0.3, 0.4) is 0 Å². The molecule has 2 unspecified atom stereocenters. The van der Waals surface area contributed by atoms with Gasteiger partial charge in [0.15, 0.2) is 0 Å². The van der Waals surface area contributed by atoms with Gasteiger partial charge in [0.2, 0.25) is 0 Å². The van der Waals surface area contributed by atoms with Gasteiger partial charge >= 0.3 is 0 Å². The standard InChI is InChI=1S/C16H21N3O/c17-11-13-5-7-14(8-6-13)20-16-4-2-1-3-15(16)19-10-9-18-12-19/h5-10,12,15-16H,1-4,11,17H2. The molecule has 2 N–H and O–H groups in total. The lowest BCUT2D eigenvalue weighted by molar-refractivity contribution is 0.0977. The number of nitrogens with zero attached hydrogens (tertiary/aromatic N) is 2. The Bertz CT molecular complexity index is 521. The minimum absolute atomic E-state index is 0.224. The molecule has 1 heterocycles. The molecule has 1 aliphatic rings. The number of ether oxygens (including phenoxy) is 1. The number of nitrogens with two attached hydrogens (primary N) is 1. The van der Waals surface area contributed by atoms with Crippen LogP contribution in [0.25, 0.3) is 0 Å². The number of benzene rings is 1. The predicted octanol–water partition coefficient (Wildman–Crippen LogP) is 2.90. The van der Waals surface area contributed by atoms with E-state index in [1.807, 2.05) is 43.0 Å². The Morgan fingerprint density at radius 2 is 2.00 bits per heavy atom. The molecule has 3 rings (SSSR count). The quantitative estimate of drug-likeness (QED) is 0.930. The number of hydrogen-bond donors (Lipinski definition) is 1. The molecule has 20 heavy (non-hydrogen) atoms. The number of imidazole rings is 1. The highest BCUT2D eigenvalue weighted by Crippen LogP contribution is 2.31. The fourth-order valence-electron chi connectivity index (χ4n) is 2.90. The molecule has 0 radical (unpaired) electrons. The summed E-state index contributed by atoms with van der Waals surface area (Å²) in [5.41, 5.74) is 6.75. The molecular formula is C16H21N3O. The van der Waals surface area contributed by atoms with E-state index in [-0.39, 0.29) is 6.10 Å². The van der Waals surface area contributed by atoms with E-state index in [9.17, 15) is 0 Å². The van der Waals surface area contributed by atoms with Crippen molar-refractivity contribution in [1.29, 1.82) is 0 Å². The first-order chi connectivity index (χ1) is 9.86. The summed E-state index contributed by atoms with van der Waals surface area (Å²) >= 11 is 0. The zero-order valence-electron chi connectivity index (χ0n) is 11.6. The zero-order chi connectivity index (χ0) is 13.8. The van der Waals surface area contributed by atoms with E-state index in [1.165, 1.54) is 12.8 Å². The second-order valence-electron chi connectivity index (χ2n) is 5.37. The van der Waals surface area contributed by atoms with E-state index in [1.54, 1.807) is 0 Å². The largest absolute Gasteiger partial charge is 0.488 e. The monoisotopic (exact) mass is 271 g/mol. The van der Waals surface area contributed by atoms with Gasteiger partial charge in [-0.1, -0.05) is 18.6 Å². The summed E-state index contributed by atoms with van der Waals surface area (Å²) in [6.07, 6.45) is 10.7. The van der Waals surface area contributed by atoms with Gasteiger partial charge < -0.3 is 15.0 Å². The Balaban J connectivity index is 1.73. The maximum Gasteiger partial charge on any atom is 0.119 e. The van der Waals surface area contributed by atoms with Gasteiger partial charge in [0, 0.05) is 18.9 Å². The van der Waals surface area contributed by atoms with Gasteiger partial charge in [-0.25, -0.2) is 4.98 Å². The average Bonchev–Trinajstić information content (AvgIpc) is 3.03. The van der Waals surface area contributed by atoms with Gasteiger partial charge in [0.1, 0.15) is 11.9 Å². The summed E-state index contributed by atoms with van der Waals surface area (Å²) in [4.78, 5) is 4.16. The van der Waals surface area contributed by atoms with Crippen LogP contribution in [0.5, 0.6) is 5.75 Å². The number of hydrogen-bond acceptors (Lipinski definition) is 3. The van der Waals surface area contributed by atoms with Crippen LogP contribution in [0.1, 0.15) is 37.3 Å². The summed E-state index contributed by atoms with van der Waals surface area (Å²) in [7, 11) is 0. The first-order valence-corrected chi connectivity index (χ1v) is 7.30. The Morgan fingerprint density at radius 3 is 2.70 bits per heavy atom. The Hall–Kier alpha value is -1.81. The van der Waals surface area contributed by atoms with Gasteiger partial charge in [0.25, 0.3) is 0 Å². The van der Waals surface area contributed by atoms with Crippen LogP contribution in [0.4, 0.5) is 0 Å². The molecule has 1 aromatic heterocycles. The van der Waals surface area contributed by atoms with Crippen molar-refractivity contribution in [2.45, 2.75) is 44.4 Å². The van der Waals surface area contributed by atoms with Crippen molar-refractivity contribution in [1.82, 2.24) is 9.55 Å². The first kappa shape index (κ1) is 13.2. The highest BCUT2D eigenvalue weighted by molar-refractivity contribution is 5.27. The fraction of sp³-hybridized carbons (Fsp3) is 0.438. The van der Waals surface area contributed by atoms with Crippen molar-refractivity contribution in [3.8, 4) is 5.75 Å². The van der Waals surface area contributed by atoms with Gasteiger partial charge in [0.05, 0.1) is 12.4 Å². The van der Waals surface area contributed by atoms with Crippen molar-refractivity contribution in [2.75, 3.05) is 0 Å².